The van der Waals surface area contributed by atoms with Gasteiger partial charge in [-0.05, 0) is 128 Å². The van der Waals surface area contributed by atoms with Gasteiger partial charge in [0, 0.05) is 88.5 Å². The zero-order valence-electron chi connectivity index (χ0n) is 37.5. The molecule has 0 aromatic heterocycles. The van der Waals surface area contributed by atoms with Gasteiger partial charge in [0.1, 0.15) is 28.7 Å². The second-order valence-corrected chi connectivity index (χ2v) is 17.3. The second kappa shape index (κ2) is 26.9. The molecule has 0 heterocycles. The van der Waals surface area contributed by atoms with Crippen LogP contribution in [0.1, 0.15) is 41.2 Å². The molecule has 14 nitrogen and oxygen atoms in total. The molecule has 5 aromatic carbocycles. The van der Waals surface area contributed by atoms with Crippen LogP contribution in [-0.2, 0) is 36.9 Å². The summed E-state index contributed by atoms with van der Waals surface area (Å²) in [5.41, 5.74) is 17.0. The predicted octanol–water partition coefficient (Wildman–Crippen LogP) is 3.33. The molecule has 350 valence electrons. The Morgan fingerprint density at radius 1 is 0.415 bits per heavy atom. The number of carbonyl (C=O) groups is 1. The predicted molar refractivity (Wildman–Crippen MR) is 258 cm³/mol. The van der Waals surface area contributed by atoms with Gasteiger partial charge in [-0.3, -0.25) is 4.79 Å². The van der Waals surface area contributed by atoms with Gasteiger partial charge in [-0.25, -0.2) is 0 Å². The number of aromatic hydroxyl groups is 5. The zero-order valence-corrected chi connectivity index (χ0v) is 37.5. The molecule has 15 N–H and O–H groups in total. The van der Waals surface area contributed by atoms with E-state index in [2.05, 4.69) is 31.9 Å². The van der Waals surface area contributed by atoms with E-state index in [0.717, 1.165) is 34.2 Å². The van der Waals surface area contributed by atoms with Crippen LogP contribution in [0.25, 0.3) is 0 Å². The van der Waals surface area contributed by atoms with Crippen LogP contribution < -0.4 is 43.4 Å². The van der Waals surface area contributed by atoms with Crippen LogP contribution in [0.2, 0.25) is 0 Å². The average molecular weight is 891 g/mol. The molecular weight excluding hydrogens is 821 g/mol. The van der Waals surface area contributed by atoms with Crippen LogP contribution in [0.15, 0.2) is 121 Å². The van der Waals surface area contributed by atoms with Crippen molar-refractivity contribution in [2.75, 3.05) is 45.8 Å². The molecular formula is C51H70N8O6. The highest BCUT2D eigenvalue weighted by Gasteiger charge is 2.21. The summed E-state index contributed by atoms with van der Waals surface area (Å²) in [6, 6.07) is 36.4. The maximum atomic E-state index is 11.5. The van der Waals surface area contributed by atoms with Crippen LogP contribution in [-0.4, -0.2) is 114 Å². The Bertz CT molecular complexity index is 2090. The number of benzene rings is 5. The summed E-state index contributed by atoms with van der Waals surface area (Å²) in [5.74, 6) is 0.705. The summed E-state index contributed by atoms with van der Waals surface area (Å²) in [6.45, 7) is 6.18. The lowest BCUT2D eigenvalue weighted by Gasteiger charge is -2.29. The number of carbonyl (C=O) groups excluding carboxylic acids is 1. The van der Waals surface area contributed by atoms with Crippen molar-refractivity contribution in [3.05, 3.63) is 149 Å². The summed E-state index contributed by atoms with van der Waals surface area (Å²) < 4.78 is 0. The Kier molecular flexibility index (Phi) is 20.8. The number of phenolic OH excluding ortho intramolecular Hbond substituents is 5. The minimum Gasteiger partial charge on any atom is -0.508 e. The van der Waals surface area contributed by atoms with Crippen LogP contribution >= 0.6 is 0 Å². The van der Waals surface area contributed by atoms with E-state index in [4.69, 9.17) is 11.5 Å². The van der Waals surface area contributed by atoms with E-state index in [9.17, 15) is 30.3 Å². The molecule has 0 saturated heterocycles. The molecule has 0 radical (unpaired) electrons. The van der Waals surface area contributed by atoms with Crippen molar-refractivity contribution in [1.82, 2.24) is 31.9 Å². The Labute approximate surface area is 383 Å². The number of nitrogens with two attached hydrogens (primary N) is 2. The Balaban J connectivity index is 1.34. The average Bonchev–Trinajstić information content (AvgIpc) is 3.28. The largest absolute Gasteiger partial charge is 0.508 e. The van der Waals surface area contributed by atoms with Crippen LogP contribution in [0, 0.1) is 0 Å². The van der Waals surface area contributed by atoms with Gasteiger partial charge in [0.25, 0.3) is 0 Å². The van der Waals surface area contributed by atoms with Gasteiger partial charge in [0.05, 0.1) is 0 Å². The highest BCUT2D eigenvalue weighted by molar-refractivity contribution is 5.73. The van der Waals surface area contributed by atoms with Crippen molar-refractivity contribution in [2.24, 2.45) is 11.5 Å². The van der Waals surface area contributed by atoms with Gasteiger partial charge in [0.2, 0.25) is 5.91 Å². The van der Waals surface area contributed by atoms with Gasteiger partial charge >= 0.3 is 0 Å². The fourth-order valence-electron chi connectivity index (χ4n) is 7.74. The molecule has 6 atom stereocenters. The van der Waals surface area contributed by atoms with Gasteiger partial charge < -0.3 is 68.9 Å². The minimum absolute atomic E-state index is 0.00143. The van der Waals surface area contributed by atoms with Crippen molar-refractivity contribution < 1.29 is 30.3 Å². The van der Waals surface area contributed by atoms with Gasteiger partial charge in [-0.1, -0.05) is 60.7 Å². The molecule has 0 bridgehead atoms. The molecule has 0 aliphatic heterocycles. The number of amides is 1. The van der Waals surface area contributed by atoms with Crippen molar-refractivity contribution in [3.8, 4) is 28.7 Å². The molecule has 5 rings (SSSR count). The SMILES string of the molecule is C[C@H](N)CN[C@H](CN[C@H](CN[C@H](CN[C@H](CN[C@H](CNCCC(N)=O)Cc1ccc(O)cc1)Cc1ccc(O)cc1)Cc1ccc(O)cc1)Cc1ccc(O)cc1)Cc1ccc(O)cc1. The topological polar surface area (TPSA) is 242 Å². The normalized spacial score (nSPS) is 14.3. The molecule has 0 saturated carbocycles. The number of phenols is 5. The summed E-state index contributed by atoms with van der Waals surface area (Å²) in [5, 5.41) is 72.4. The number of rotatable bonds is 30. The number of hydrogen-bond acceptors (Lipinski definition) is 13. The first-order valence-corrected chi connectivity index (χ1v) is 22.7. The lowest BCUT2D eigenvalue weighted by atomic mass is 10.0. The highest BCUT2D eigenvalue weighted by Crippen LogP contribution is 2.17. The van der Waals surface area contributed by atoms with Gasteiger partial charge in [-0.15, -0.1) is 0 Å². The third kappa shape index (κ3) is 19.9. The third-order valence-corrected chi connectivity index (χ3v) is 11.4. The standard InChI is InChI=1S/C51H70N8O6/c1-35(52)29-55-42(25-37-4-14-47(61)15-5-37)31-57-44(27-39-8-18-49(63)19-9-39)33-59-45(28-40-10-20-50(64)21-11-40)34-58-43(26-38-6-16-48(62)17-7-38)32-56-41(30-54-23-22-51(53)65)24-36-2-12-46(60)13-3-36/h2-21,35,41-45,54-64H,22-34,52H2,1H3,(H2,53,65)/t35-,41-,42-,43-,44-,45-/m0/s1. The molecule has 14 heteroatoms. The lowest BCUT2D eigenvalue weighted by Crippen LogP contribution is -2.53. The van der Waals surface area contributed by atoms with E-state index in [1.54, 1.807) is 60.7 Å². The zero-order chi connectivity index (χ0) is 46.4. The molecule has 5 aromatic rings. The number of primary amides is 1. The van der Waals surface area contributed by atoms with Crippen LogP contribution in [0.3, 0.4) is 0 Å². The van der Waals surface area contributed by atoms with Crippen molar-refractivity contribution >= 4 is 5.91 Å². The van der Waals surface area contributed by atoms with Gasteiger partial charge in [0.15, 0.2) is 0 Å². The maximum Gasteiger partial charge on any atom is 0.218 e. The molecule has 0 spiro atoms. The first kappa shape index (κ1) is 50.3. The van der Waals surface area contributed by atoms with Crippen LogP contribution in [0.4, 0.5) is 0 Å². The molecule has 1 amide bonds. The van der Waals surface area contributed by atoms with E-state index in [1.165, 1.54) is 0 Å². The quantitative estimate of drug-likeness (QED) is 0.0297. The van der Waals surface area contributed by atoms with E-state index in [0.29, 0.717) is 71.5 Å². The summed E-state index contributed by atoms with van der Waals surface area (Å²) in [4.78, 5) is 11.5. The monoisotopic (exact) mass is 891 g/mol. The van der Waals surface area contributed by atoms with E-state index < -0.39 is 0 Å². The molecule has 0 unspecified atom stereocenters. The minimum atomic E-state index is -0.361. The lowest BCUT2D eigenvalue weighted by molar-refractivity contribution is -0.117. The Hall–Kier alpha value is -5.71. The smallest absolute Gasteiger partial charge is 0.218 e. The number of nitrogens with one attached hydrogen (secondary N) is 6. The Morgan fingerprint density at radius 2 is 0.646 bits per heavy atom. The van der Waals surface area contributed by atoms with Crippen molar-refractivity contribution in [2.45, 2.75) is 81.7 Å². The number of hydrogen-bond donors (Lipinski definition) is 13. The first-order chi connectivity index (χ1) is 31.3. The van der Waals surface area contributed by atoms with Crippen LogP contribution in [0.5, 0.6) is 28.7 Å². The van der Waals surface area contributed by atoms with Crippen molar-refractivity contribution in [1.29, 1.82) is 0 Å². The summed E-state index contributed by atoms with van der Waals surface area (Å²) in [6.07, 6.45) is 3.74. The highest BCUT2D eigenvalue weighted by atomic mass is 16.3. The fraction of sp³-hybridized carbons (Fsp3) is 0.392. The summed E-state index contributed by atoms with van der Waals surface area (Å²) in [7, 11) is 0. The summed E-state index contributed by atoms with van der Waals surface area (Å²) >= 11 is 0. The maximum absolute atomic E-state index is 11.5. The molecule has 0 aliphatic carbocycles. The third-order valence-electron chi connectivity index (χ3n) is 11.4. The first-order valence-electron chi connectivity index (χ1n) is 22.7. The van der Waals surface area contributed by atoms with Crippen molar-refractivity contribution in [3.63, 3.8) is 0 Å². The Morgan fingerprint density at radius 3 is 0.877 bits per heavy atom. The molecule has 0 fully saturated rings. The van der Waals surface area contributed by atoms with E-state index in [-0.39, 0.29) is 77.3 Å². The molecule has 0 aliphatic rings. The van der Waals surface area contributed by atoms with E-state index >= 15 is 0 Å². The van der Waals surface area contributed by atoms with Gasteiger partial charge in [-0.2, -0.15) is 0 Å². The van der Waals surface area contributed by atoms with E-state index in [1.807, 2.05) is 67.6 Å². The molecule has 65 heavy (non-hydrogen) atoms. The fourth-order valence-corrected chi connectivity index (χ4v) is 7.74. The second-order valence-electron chi connectivity index (χ2n) is 17.3.